The van der Waals surface area contributed by atoms with Crippen molar-refractivity contribution < 1.29 is 18.0 Å². The van der Waals surface area contributed by atoms with Crippen LogP contribution >= 0.6 is 0 Å². The van der Waals surface area contributed by atoms with E-state index in [9.17, 15) is 22.8 Å². The Morgan fingerprint density at radius 2 is 1.80 bits per heavy atom. The summed E-state index contributed by atoms with van der Waals surface area (Å²) in [6.45, 7) is -0.161. The van der Waals surface area contributed by atoms with E-state index in [1.165, 1.54) is 6.20 Å². The monoisotopic (exact) mass is 419 g/mol. The summed E-state index contributed by atoms with van der Waals surface area (Å²) < 4.78 is 40.8. The molecule has 158 valence electrons. The van der Waals surface area contributed by atoms with Crippen LogP contribution in [0.15, 0.2) is 59.7 Å². The fourth-order valence-electron chi connectivity index (χ4n) is 2.80. The van der Waals surface area contributed by atoms with Crippen molar-refractivity contribution in [3.63, 3.8) is 0 Å². The van der Waals surface area contributed by atoms with Crippen LogP contribution in [0.3, 0.4) is 0 Å². The molecule has 0 aliphatic heterocycles. The summed E-state index contributed by atoms with van der Waals surface area (Å²) in [5.74, 6) is -0.266. The van der Waals surface area contributed by atoms with Crippen molar-refractivity contribution in [3.05, 3.63) is 76.3 Å². The molecule has 0 bridgehead atoms. The van der Waals surface area contributed by atoms with Crippen LogP contribution in [0.25, 0.3) is 0 Å². The summed E-state index contributed by atoms with van der Waals surface area (Å²) >= 11 is 0. The van der Waals surface area contributed by atoms with Gasteiger partial charge in [0.1, 0.15) is 12.4 Å². The fraction of sp³-hybridized carbons (Fsp3) is 0.250. The Hall–Kier alpha value is -3.56. The van der Waals surface area contributed by atoms with Gasteiger partial charge in [-0.25, -0.2) is 4.68 Å². The molecule has 0 unspecified atom stereocenters. The molecule has 30 heavy (non-hydrogen) atoms. The normalized spacial score (nSPS) is 11.4. The fourth-order valence-corrected chi connectivity index (χ4v) is 2.80. The maximum atomic E-state index is 12.8. The van der Waals surface area contributed by atoms with E-state index in [4.69, 9.17) is 0 Å². The second kappa shape index (κ2) is 8.44. The second-order valence-electron chi connectivity index (χ2n) is 6.86. The molecule has 1 amide bonds. The largest absolute Gasteiger partial charge is 0.417 e. The highest BCUT2D eigenvalue weighted by Crippen LogP contribution is 2.28. The predicted molar refractivity (Wildman–Crippen MR) is 106 cm³/mol. The lowest BCUT2D eigenvalue weighted by atomic mass is 10.2. The van der Waals surface area contributed by atoms with Gasteiger partial charge in [-0.05, 0) is 23.8 Å². The van der Waals surface area contributed by atoms with Crippen LogP contribution in [-0.2, 0) is 24.1 Å². The highest BCUT2D eigenvalue weighted by atomic mass is 19.4. The smallest absolute Gasteiger partial charge is 0.378 e. The number of alkyl halides is 3. The minimum atomic E-state index is -4.60. The number of pyridine rings is 1. The van der Waals surface area contributed by atoms with Crippen LogP contribution < -0.4 is 15.8 Å². The summed E-state index contributed by atoms with van der Waals surface area (Å²) in [6, 6.07) is 10.8. The van der Waals surface area contributed by atoms with Gasteiger partial charge < -0.3 is 14.8 Å². The zero-order chi connectivity index (χ0) is 21.9. The number of carbonyl (C=O) groups excluding carboxylic acids is 1. The summed E-state index contributed by atoms with van der Waals surface area (Å²) in [7, 11) is 3.87. The first-order valence-corrected chi connectivity index (χ1v) is 8.99. The second-order valence-corrected chi connectivity index (χ2v) is 6.86. The molecule has 0 spiro atoms. The van der Waals surface area contributed by atoms with E-state index in [0.717, 1.165) is 21.9 Å². The van der Waals surface area contributed by atoms with Crippen molar-refractivity contribution in [1.29, 1.82) is 0 Å². The quantitative estimate of drug-likeness (QED) is 0.667. The topological polar surface area (TPSA) is 72.2 Å². The molecule has 3 aromatic rings. The first-order chi connectivity index (χ1) is 14.1. The lowest BCUT2D eigenvalue weighted by molar-refractivity contribution is -0.138. The standard InChI is InChI=1S/C20H20F3N5O2/c1-26(2)16-6-3-14(4-7-16)11-28-17(9-10-24-28)25-18(29)13-27-12-15(20(21,22)23)5-8-19(27)30/h3-10,12H,11,13H2,1-2H3,(H,25,29). The number of rotatable bonds is 6. The average molecular weight is 419 g/mol. The summed E-state index contributed by atoms with van der Waals surface area (Å²) in [4.78, 5) is 26.1. The van der Waals surface area contributed by atoms with E-state index in [0.29, 0.717) is 24.6 Å². The molecule has 2 aromatic heterocycles. The Bertz CT molecular complexity index is 1080. The summed E-state index contributed by atoms with van der Waals surface area (Å²) in [5, 5.41) is 6.75. The summed E-state index contributed by atoms with van der Waals surface area (Å²) in [5.41, 5.74) is 0.293. The zero-order valence-corrected chi connectivity index (χ0v) is 16.3. The van der Waals surface area contributed by atoms with Gasteiger partial charge in [0.2, 0.25) is 5.91 Å². The van der Waals surface area contributed by atoms with Crippen molar-refractivity contribution in [2.45, 2.75) is 19.3 Å². The molecule has 7 nitrogen and oxygen atoms in total. The number of halogens is 3. The predicted octanol–water partition coefficient (Wildman–Crippen LogP) is 2.82. The van der Waals surface area contributed by atoms with Crippen LogP contribution in [-0.4, -0.2) is 34.4 Å². The highest BCUT2D eigenvalue weighted by molar-refractivity contribution is 5.89. The summed E-state index contributed by atoms with van der Waals surface area (Å²) in [6.07, 6.45) is -2.47. The minimum absolute atomic E-state index is 0.372. The van der Waals surface area contributed by atoms with Gasteiger partial charge in [-0.15, -0.1) is 0 Å². The van der Waals surface area contributed by atoms with Gasteiger partial charge in [0.15, 0.2) is 0 Å². The van der Waals surface area contributed by atoms with Crippen LogP contribution in [0.5, 0.6) is 0 Å². The third-order valence-corrected chi connectivity index (χ3v) is 4.39. The third kappa shape index (κ3) is 5.07. The van der Waals surface area contributed by atoms with Crippen molar-refractivity contribution in [2.75, 3.05) is 24.3 Å². The van der Waals surface area contributed by atoms with Crippen molar-refractivity contribution >= 4 is 17.4 Å². The lowest BCUT2D eigenvalue weighted by Gasteiger charge is -2.14. The first kappa shape index (κ1) is 21.2. The van der Waals surface area contributed by atoms with Crippen LogP contribution in [0.2, 0.25) is 0 Å². The lowest BCUT2D eigenvalue weighted by Crippen LogP contribution is -2.28. The third-order valence-electron chi connectivity index (χ3n) is 4.39. The number of nitrogens with zero attached hydrogens (tertiary/aromatic N) is 4. The molecule has 0 aliphatic rings. The molecule has 1 N–H and O–H groups in total. The van der Waals surface area contributed by atoms with Gasteiger partial charge in [-0.3, -0.25) is 9.59 Å². The number of hydrogen-bond acceptors (Lipinski definition) is 4. The van der Waals surface area contributed by atoms with E-state index in [1.807, 2.05) is 43.3 Å². The van der Waals surface area contributed by atoms with E-state index < -0.39 is 29.8 Å². The van der Waals surface area contributed by atoms with E-state index in [-0.39, 0.29) is 0 Å². The van der Waals surface area contributed by atoms with Gasteiger partial charge in [-0.1, -0.05) is 12.1 Å². The van der Waals surface area contributed by atoms with Crippen LogP contribution in [0.4, 0.5) is 24.7 Å². The maximum Gasteiger partial charge on any atom is 0.417 e. The molecule has 3 rings (SSSR count). The Kier molecular flexibility index (Phi) is 5.95. The molecule has 2 heterocycles. The Balaban J connectivity index is 1.70. The van der Waals surface area contributed by atoms with Gasteiger partial charge in [0.25, 0.3) is 5.56 Å². The molecule has 0 saturated heterocycles. The number of amides is 1. The first-order valence-electron chi connectivity index (χ1n) is 8.99. The van der Waals surface area contributed by atoms with Gasteiger partial charge in [-0.2, -0.15) is 18.3 Å². The molecule has 0 radical (unpaired) electrons. The Morgan fingerprint density at radius 3 is 2.43 bits per heavy atom. The molecular formula is C20H20F3N5O2. The van der Waals surface area contributed by atoms with Crippen molar-refractivity contribution in [3.8, 4) is 0 Å². The SMILES string of the molecule is CN(C)c1ccc(Cn2nccc2NC(=O)Cn2cc(C(F)(F)F)ccc2=O)cc1. The molecule has 0 atom stereocenters. The van der Waals surface area contributed by atoms with Crippen molar-refractivity contribution in [1.82, 2.24) is 14.3 Å². The number of benzene rings is 1. The van der Waals surface area contributed by atoms with Gasteiger partial charge in [0.05, 0.1) is 18.3 Å². The van der Waals surface area contributed by atoms with E-state index in [1.54, 1.807) is 10.7 Å². The number of carbonyl (C=O) groups is 1. The average Bonchev–Trinajstić information content (AvgIpc) is 3.09. The van der Waals surface area contributed by atoms with Gasteiger partial charge >= 0.3 is 6.18 Å². The molecule has 1 aromatic carbocycles. The van der Waals surface area contributed by atoms with Crippen LogP contribution in [0.1, 0.15) is 11.1 Å². The van der Waals surface area contributed by atoms with Crippen LogP contribution in [0, 0.1) is 0 Å². The number of anilines is 2. The maximum absolute atomic E-state index is 12.8. The van der Waals surface area contributed by atoms with Gasteiger partial charge in [0, 0.05) is 38.1 Å². The molecular weight excluding hydrogens is 399 g/mol. The highest BCUT2D eigenvalue weighted by Gasteiger charge is 2.31. The number of nitrogens with one attached hydrogen (secondary N) is 1. The number of hydrogen-bond donors (Lipinski definition) is 1. The van der Waals surface area contributed by atoms with E-state index in [2.05, 4.69) is 10.4 Å². The molecule has 10 heteroatoms. The Labute approximate surface area is 170 Å². The molecule has 0 fully saturated rings. The molecule has 0 saturated carbocycles. The Morgan fingerprint density at radius 1 is 1.10 bits per heavy atom. The molecule has 0 aliphatic carbocycles. The minimum Gasteiger partial charge on any atom is -0.378 e. The number of aromatic nitrogens is 3. The van der Waals surface area contributed by atoms with Crippen molar-refractivity contribution in [2.24, 2.45) is 0 Å². The zero-order valence-electron chi connectivity index (χ0n) is 16.3. The van der Waals surface area contributed by atoms with E-state index >= 15 is 0 Å².